The molecule has 0 aromatic carbocycles. The molecule has 3 aromatic rings. The number of aliphatic hydroxyl groups excluding tert-OH is 1. The first-order valence-electron chi connectivity index (χ1n) is 10.4. The van der Waals surface area contributed by atoms with Crippen LogP contribution in [0.25, 0.3) is 10.2 Å². The zero-order chi connectivity index (χ0) is 24.6. The predicted molar refractivity (Wildman–Crippen MR) is 123 cm³/mol. The van der Waals surface area contributed by atoms with E-state index in [0.29, 0.717) is 43.0 Å². The van der Waals surface area contributed by atoms with Gasteiger partial charge >= 0.3 is 12.1 Å². The van der Waals surface area contributed by atoms with Gasteiger partial charge in [0.05, 0.1) is 16.9 Å². The summed E-state index contributed by atoms with van der Waals surface area (Å²) in [4.78, 5) is 21.1. The molecule has 1 fully saturated rings. The lowest BCUT2D eigenvalue weighted by molar-refractivity contribution is -0.136. The number of fused-ring (bicyclic) bond motifs is 1. The standard InChI is InChI=1S/C21H21ClF3N5O3S/c22-14-3-1-2-12(28-14)13(31)9-27-10-4-6-30(7-5-10)15-8-11(21(23,24)25)16-17(26)18(20(32)33)34-19(16)29-15/h1-3,8,10,13,27,31H,4-7,9,26H2,(H,32,33)/t13-/m1/s1. The van der Waals surface area contributed by atoms with Crippen LogP contribution in [0.15, 0.2) is 24.3 Å². The van der Waals surface area contributed by atoms with E-state index in [0.717, 1.165) is 6.07 Å². The van der Waals surface area contributed by atoms with Crippen molar-refractivity contribution < 1.29 is 28.2 Å². The number of nitrogens with zero attached hydrogens (tertiary/aromatic N) is 3. The minimum Gasteiger partial charge on any atom is -0.477 e. The van der Waals surface area contributed by atoms with Crippen LogP contribution in [-0.2, 0) is 6.18 Å². The summed E-state index contributed by atoms with van der Waals surface area (Å²) in [7, 11) is 0. The largest absolute Gasteiger partial charge is 0.477 e. The SMILES string of the molecule is Nc1c(C(=O)O)sc2nc(N3CCC(NC[C@@H](O)c4cccc(Cl)n4)CC3)cc(C(F)(F)F)c12. The number of carboxylic acid groups (broad SMARTS) is 1. The zero-order valence-electron chi connectivity index (χ0n) is 17.6. The zero-order valence-corrected chi connectivity index (χ0v) is 19.2. The first-order chi connectivity index (χ1) is 16.0. The number of carbonyl (C=O) groups is 1. The van der Waals surface area contributed by atoms with Gasteiger partial charge in [-0.1, -0.05) is 17.7 Å². The van der Waals surface area contributed by atoms with Gasteiger partial charge in [0, 0.05) is 31.1 Å². The van der Waals surface area contributed by atoms with E-state index in [4.69, 9.17) is 17.3 Å². The molecule has 0 radical (unpaired) electrons. The third-order valence-corrected chi connectivity index (χ3v) is 6.98. The number of hydrogen-bond acceptors (Lipinski definition) is 8. The average molecular weight is 516 g/mol. The molecule has 13 heteroatoms. The average Bonchev–Trinajstić information content (AvgIpc) is 3.13. The van der Waals surface area contributed by atoms with Crippen molar-refractivity contribution in [3.63, 3.8) is 0 Å². The summed E-state index contributed by atoms with van der Waals surface area (Å²) in [6.07, 6.45) is -4.33. The van der Waals surface area contributed by atoms with Crippen LogP contribution in [0.3, 0.4) is 0 Å². The van der Waals surface area contributed by atoms with Crippen molar-refractivity contribution in [2.24, 2.45) is 0 Å². The quantitative estimate of drug-likeness (QED) is 0.364. The number of aliphatic hydroxyl groups is 1. The summed E-state index contributed by atoms with van der Waals surface area (Å²) >= 11 is 6.49. The van der Waals surface area contributed by atoms with E-state index >= 15 is 0 Å². The number of aromatic carboxylic acids is 1. The van der Waals surface area contributed by atoms with E-state index in [1.165, 1.54) is 0 Å². The van der Waals surface area contributed by atoms with E-state index in [1.54, 1.807) is 23.1 Å². The van der Waals surface area contributed by atoms with Crippen molar-refractivity contribution >= 4 is 50.6 Å². The first kappa shape index (κ1) is 24.5. The molecule has 0 aliphatic carbocycles. The number of nitrogens with two attached hydrogens (primary N) is 1. The Labute approximate surface area is 201 Å². The molecule has 3 aromatic heterocycles. The third kappa shape index (κ3) is 5.04. The molecule has 1 saturated heterocycles. The predicted octanol–water partition coefficient (Wildman–Crippen LogP) is 3.94. The summed E-state index contributed by atoms with van der Waals surface area (Å²) in [5.41, 5.74) is 4.76. The number of alkyl halides is 3. The van der Waals surface area contributed by atoms with Gasteiger partial charge in [0.25, 0.3) is 0 Å². The summed E-state index contributed by atoms with van der Waals surface area (Å²) in [5, 5.41) is 22.7. The number of pyridine rings is 2. The van der Waals surface area contributed by atoms with Crippen LogP contribution in [-0.4, -0.2) is 51.8 Å². The number of anilines is 2. The molecule has 1 aliphatic rings. The number of aromatic nitrogens is 2. The van der Waals surface area contributed by atoms with E-state index in [2.05, 4.69) is 15.3 Å². The van der Waals surface area contributed by atoms with Gasteiger partial charge in [-0.3, -0.25) is 0 Å². The van der Waals surface area contributed by atoms with Crippen LogP contribution < -0.4 is 16.0 Å². The van der Waals surface area contributed by atoms with Gasteiger partial charge in [-0.25, -0.2) is 14.8 Å². The number of halogens is 4. The van der Waals surface area contributed by atoms with Crippen molar-refractivity contribution in [2.45, 2.75) is 31.2 Å². The molecule has 4 heterocycles. The van der Waals surface area contributed by atoms with Crippen LogP contribution in [0.1, 0.15) is 39.9 Å². The monoisotopic (exact) mass is 515 g/mol. The van der Waals surface area contributed by atoms with Gasteiger partial charge in [-0.15, -0.1) is 11.3 Å². The Kier molecular flexibility index (Phi) is 6.85. The summed E-state index contributed by atoms with van der Waals surface area (Å²) in [6.45, 7) is 1.13. The second kappa shape index (κ2) is 9.53. The molecule has 1 atom stereocenters. The molecular weight excluding hydrogens is 495 g/mol. The van der Waals surface area contributed by atoms with E-state index in [9.17, 15) is 28.2 Å². The highest BCUT2D eigenvalue weighted by Crippen LogP contribution is 2.43. The van der Waals surface area contributed by atoms with Crippen molar-refractivity contribution in [3.8, 4) is 0 Å². The van der Waals surface area contributed by atoms with Gasteiger partial charge in [-0.05, 0) is 31.0 Å². The second-order valence-corrected chi connectivity index (χ2v) is 9.31. The van der Waals surface area contributed by atoms with Crippen LogP contribution in [0.2, 0.25) is 5.15 Å². The fourth-order valence-electron chi connectivity index (χ4n) is 3.96. The van der Waals surface area contributed by atoms with Crippen molar-refractivity contribution in [1.29, 1.82) is 0 Å². The lowest BCUT2D eigenvalue weighted by Crippen LogP contribution is -2.44. The highest BCUT2D eigenvalue weighted by atomic mass is 35.5. The minimum absolute atomic E-state index is 0.0481. The van der Waals surface area contributed by atoms with E-state index in [-0.39, 0.29) is 38.7 Å². The molecule has 8 nitrogen and oxygen atoms in total. The molecule has 5 N–H and O–H groups in total. The highest BCUT2D eigenvalue weighted by molar-refractivity contribution is 7.21. The van der Waals surface area contributed by atoms with E-state index in [1.807, 2.05) is 0 Å². The van der Waals surface area contributed by atoms with Gasteiger partial charge < -0.3 is 26.2 Å². The Morgan fingerprint density at radius 2 is 2.03 bits per heavy atom. The van der Waals surface area contributed by atoms with Crippen LogP contribution in [0, 0.1) is 0 Å². The number of nitrogen functional groups attached to an aromatic ring is 1. The first-order valence-corrected chi connectivity index (χ1v) is 11.6. The number of hydrogen-bond donors (Lipinski definition) is 4. The molecular formula is C21H21ClF3N5O3S. The molecule has 1 aliphatic heterocycles. The maximum absolute atomic E-state index is 13.8. The topological polar surface area (TPSA) is 125 Å². The smallest absolute Gasteiger partial charge is 0.417 e. The Bertz CT molecular complexity index is 1210. The minimum atomic E-state index is -4.72. The molecule has 182 valence electrons. The van der Waals surface area contributed by atoms with Crippen LogP contribution in [0.4, 0.5) is 24.7 Å². The van der Waals surface area contributed by atoms with E-state index < -0.39 is 29.5 Å². The van der Waals surface area contributed by atoms with Crippen LogP contribution in [0.5, 0.6) is 0 Å². The maximum atomic E-state index is 13.8. The molecule has 0 saturated carbocycles. The van der Waals surface area contributed by atoms with Crippen LogP contribution >= 0.6 is 22.9 Å². The summed E-state index contributed by atoms with van der Waals surface area (Å²) in [5.74, 6) is -1.27. The molecule has 4 rings (SSSR count). The Morgan fingerprint density at radius 3 is 2.65 bits per heavy atom. The second-order valence-electron chi connectivity index (χ2n) is 7.93. The summed E-state index contributed by atoms with van der Waals surface area (Å²) < 4.78 is 41.3. The van der Waals surface area contributed by atoms with Crippen molar-refractivity contribution in [1.82, 2.24) is 15.3 Å². The Morgan fingerprint density at radius 1 is 1.32 bits per heavy atom. The molecule has 0 unspecified atom stereocenters. The lowest BCUT2D eigenvalue weighted by atomic mass is 10.0. The fraction of sp³-hybridized carbons (Fsp3) is 0.381. The number of carboxylic acids is 1. The normalized spacial score (nSPS) is 16.2. The number of thiophene rings is 1. The van der Waals surface area contributed by atoms with Gasteiger partial charge in [0.15, 0.2) is 0 Å². The lowest BCUT2D eigenvalue weighted by Gasteiger charge is -2.34. The Balaban J connectivity index is 1.47. The van der Waals surface area contributed by atoms with Gasteiger partial charge in [0.1, 0.15) is 26.8 Å². The maximum Gasteiger partial charge on any atom is 0.417 e. The highest BCUT2D eigenvalue weighted by Gasteiger charge is 2.37. The fourth-order valence-corrected chi connectivity index (χ4v) is 5.08. The molecule has 0 spiro atoms. The molecule has 34 heavy (non-hydrogen) atoms. The molecule has 0 bridgehead atoms. The number of nitrogens with one attached hydrogen (secondary N) is 1. The number of piperidine rings is 1. The Hall–Kier alpha value is -2.67. The van der Waals surface area contributed by atoms with Crippen molar-refractivity contribution in [2.75, 3.05) is 30.3 Å². The third-order valence-electron chi connectivity index (χ3n) is 5.68. The molecule has 0 amide bonds. The van der Waals surface area contributed by atoms with Gasteiger partial charge in [0.2, 0.25) is 0 Å². The summed E-state index contributed by atoms with van der Waals surface area (Å²) in [6, 6.07) is 5.97. The van der Waals surface area contributed by atoms with Gasteiger partial charge in [-0.2, -0.15) is 13.2 Å². The van der Waals surface area contributed by atoms with Crippen molar-refractivity contribution in [3.05, 3.63) is 45.6 Å². The number of rotatable bonds is 6.